The van der Waals surface area contributed by atoms with Crippen molar-refractivity contribution in [2.45, 2.75) is 71.1 Å². The third kappa shape index (κ3) is 9.08. The van der Waals surface area contributed by atoms with Crippen LogP contribution in [0.2, 0.25) is 0 Å². The molecular weight excluding hydrogens is 348 g/mol. The molecule has 2 atom stereocenters. The van der Waals surface area contributed by atoms with Gasteiger partial charge in [-0.3, -0.25) is 4.79 Å². The molecule has 0 saturated carbocycles. The number of hydrogen-bond donors (Lipinski definition) is 3. The van der Waals surface area contributed by atoms with Crippen molar-refractivity contribution >= 4 is 18.0 Å². The molecule has 0 fully saturated rings. The van der Waals surface area contributed by atoms with Gasteiger partial charge in [0.05, 0.1) is 0 Å². The maximum absolute atomic E-state index is 12.5. The van der Waals surface area contributed by atoms with Gasteiger partial charge in [0.25, 0.3) is 0 Å². The number of benzene rings is 1. The van der Waals surface area contributed by atoms with Gasteiger partial charge < -0.3 is 20.5 Å². The van der Waals surface area contributed by atoms with Gasteiger partial charge in [0.15, 0.2) is 0 Å². The molecule has 7 nitrogen and oxygen atoms in total. The molecule has 0 unspecified atom stereocenters. The average Bonchev–Trinajstić information content (AvgIpc) is 2.67. The first-order chi connectivity index (χ1) is 13.0. The van der Waals surface area contributed by atoms with Crippen LogP contribution in [0, 0.1) is 0 Å². The number of aliphatic carboxylic acids is 1. The van der Waals surface area contributed by atoms with E-state index in [1.54, 1.807) is 0 Å². The zero-order valence-electron chi connectivity index (χ0n) is 16.1. The van der Waals surface area contributed by atoms with Gasteiger partial charge in [0, 0.05) is 0 Å². The maximum atomic E-state index is 12.5. The van der Waals surface area contributed by atoms with Gasteiger partial charge in [-0.2, -0.15) is 0 Å². The Morgan fingerprint density at radius 2 is 1.56 bits per heavy atom. The topological polar surface area (TPSA) is 105 Å². The van der Waals surface area contributed by atoms with Crippen molar-refractivity contribution in [1.29, 1.82) is 0 Å². The summed E-state index contributed by atoms with van der Waals surface area (Å²) in [6, 6.07) is 7.44. The van der Waals surface area contributed by atoms with E-state index < -0.39 is 30.1 Å². The van der Waals surface area contributed by atoms with Crippen molar-refractivity contribution < 1.29 is 24.2 Å². The second-order valence-corrected chi connectivity index (χ2v) is 6.44. The van der Waals surface area contributed by atoms with Crippen LogP contribution in [0.25, 0.3) is 0 Å². The SMILES string of the molecule is CCCC[C@@H](NC(=O)[C@@H](CCCC)NC(=O)OCc1ccccc1)C(=O)O. The number of alkyl carbamates (subject to hydrolysis) is 1. The molecule has 1 rings (SSSR count). The van der Waals surface area contributed by atoms with E-state index in [0.717, 1.165) is 24.8 Å². The molecule has 0 aromatic heterocycles. The summed E-state index contributed by atoms with van der Waals surface area (Å²) in [5, 5.41) is 14.4. The largest absolute Gasteiger partial charge is 0.480 e. The van der Waals surface area contributed by atoms with Crippen molar-refractivity contribution in [2.75, 3.05) is 0 Å². The van der Waals surface area contributed by atoms with Gasteiger partial charge >= 0.3 is 12.1 Å². The lowest BCUT2D eigenvalue weighted by Crippen LogP contribution is -2.51. The number of carbonyl (C=O) groups is 3. The minimum absolute atomic E-state index is 0.100. The molecule has 0 saturated heterocycles. The molecule has 0 aliphatic carbocycles. The lowest BCUT2D eigenvalue weighted by Gasteiger charge is -2.21. The van der Waals surface area contributed by atoms with Crippen molar-refractivity contribution in [1.82, 2.24) is 10.6 Å². The molecule has 7 heteroatoms. The highest BCUT2D eigenvalue weighted by Gasteiger charge is 2.26. The maximum Gasteiger partial charge on any atom is 0.408 e. The second kappa shape index (κ2) is 12.7. The number of unbranched alkanes of at least 4 members (excludes halogenated alkanes) is 2. The van der Waals surface area contributed by atoms with Gasteiger partial charge in [-0.1, -0.05) is 69.9 Å². The van der Waals surface area contributed by atoms with Crippen molar-refractivity contribution in [3.63, 3.8) is 0 Å². The van der Waals surface area contributed by atoms with E-state index in [1.807, 2.05) is 44.2 Å². The number of amides is 2. The number of nitrogens with one attached hydrogen (secondary N) is 2. The van der Waals surface area contributed by atoms with Gasteiger partial charge in [-0.15, -0.1) is 0 Å². The standard InChI is InChI=1S/C20H30N2O5/c1-3-5-12-16(18(23)21-17(19(24)25)13-6-4-2)22-20(26)27-14-15-10-8-7-9-11-15/h7-11,16-17H,3-6,12-14H2,1-2H3,(H,21,23)(H,22,26)(H,24,25)/t16-,17-/m1/s1. The van der Waals surface area contributed by atoms with Crippen LogP contribution in [-0.2, 0) is 20.9 Å². The van der Waals surface area contributed by atoms with Gasteiger partial charge in [0.2, 0.25) is 5.91 Å². The Hall–Kier alpha value is -2.57. The molecule has 0 aliphatic rings. The number of ether oxygens (including phenoxy) is 1. The lowest BCUT2D eigenvalue weighted by molar-refractivity contribution is -0.142. The van der Waals surface area contributed by atoms with Crippen LogP contribution < -0.4 is 10.6 Å². The zero-order chi connectivity index (χ0) is 20.1. The van der Waals surface area contributed by atoms with Crippen LogP contribution in [0.15, 0.2) is 30.3 Å². The molecule has 0 radical (unpaired) electrons. The van der Waals surface area contributed by atoms with Crippen molar-refractivity contribution in [2.24, 2.45) is 0 Å². The highest BCUT2D eigenvalue weighted by molar-refractivity contribution is 5.89. The molecule has 0 heterocycles. The highest BCUT2D eigenvalue weighted by atomic mass is 16.5. The summed E-state index contributed by atoms with van der Waals surface area (Å²) in [4.78, 5) is 35.9. The molecular formula is C20H30N2O5. The van der Waals surface area contributed by atoms with Crippen LogP contribution in [0.3, 0.4) is 0 Å². The zero-order valence-corrected chi connectivity index (χ0v) is 16.1. The molecule has 0 aliphatic heterocycles. The average molecular weight is 378 g/mol. The molecule has 1 aromatic carbocycles. The van der Waals surface area contributed by atoms with Crippen molar-refractivity contribution in [3.05, 3.63) is 35.9 Å². The summed E-state index contributed by atoms with van der Waals surface area (Å²) in [7, 11) is 0. The van der Waals surface area contributed by atoms with E-state index in [1.165, 1.54) is 0 Å². The summed E-state index contributed by atoms with van der Waals surface area (Å²) in [5.74, 6) is -1.57. The minimum atomic E-state index is -1.07. The molecule has 2 amide bonds. The summed E-state index contributed by atoms with van der Waals surface area (Å²) >= 11 is 0. The quantitative estimate of drug-likeness (QED) is 0.518. The van der Waals surface area contributed by atoms with Gasteiger partial charge in [-0.25, -0.2) is 9.59 Å². The Balaban J connectivity index is 2.62. The van der Waals surface area contributed by atoms with Crippen molar-refractivity contribution in [3.8, 4) is 0 Å². The number of carbonyl (C=O) groups excluding carboxylic acids is 2. The van der Waals surface area contributed by atoms with E-state index in [-0.39, 0.29) is 6.61 Å². The number of hydrogen-bond acceptors (Lipinski definition) is 4. The Morgan fingerprint density at radius 1 is 0.963 bits per heavy atom. The summed E-state index contributed by atoms with van der Waals surface area (Å²) in [6.45, 7) is 4.03. The molecule has 0 spiro atoms. The predicted octanol–water partition coefficient (Wildman–Crippen LogP) is 3.23. The highest BCUT2D eigenvalue weighted by Crippen LogP contribution is 2.06. The van der Waals surface area contributed by atoms with Crippen LogP contribution in [-0.4, -0.2) is 35.2 Å². The van der Waals surface area contributed by atoms with E-state index in [0.29, 0.717) is 19.3 Å². The van der Waals surface area contributed by atoms with Crippen LogP contribution >= 0.6 is 0 Å². The van der Waals surface area contributed by atoms with Gasteiger partial charge in [0.1, 0.15) is 18.7 Å². The number of rotatable bonds is 12. The van der Waals surface area contributed by atoms with Crippen LogP contribution in [0.4, 0.5) is 4.79 Å². The number of carboxylic acids is 1. The molecule has 27 heavy (non-hydrogen) atoms. The van der Waals surface area contributed by atoms with Gasteiger partial charge in [-0.05, 0) is 18.4 Å². The molecule has 150 valence electrons. The first-order valence-electron chi connectivity index (χ1n) is 9.48. The van der Waals surface area contributed by atoms with E-state index in [4.69, 9.17) is 4.74 Å². The van der Waals surface area contributed by atoms with Crippen LogP contribution in [0.5, 0.6) is 0 Å². The van der Waals surface area contributed by atoms with E-state index >= 15 is 0 Å². The molecule has 3 N–H and O–H groups in total. The summed E-state index contributed by atoms with van der Waals surface area (Å²) in [5.41, 5.74) is 0.840. The monoisotopic (exact) mass is 378 g/mol. The first kappa shape index (κ1) is 22.5. The third-order valence-corrected chi connectivity index (χ3v) is 4.13. The third-order valence-electron chi connectivity index (χ3n) is 4.13. The fourth-order valence-electron chi connectivity index (χ4n) is 2.52. The number of carboxylic acid groups (broad SMARTS) is 1. The normalized spacial score (nSPS) is 12.7. The minimum Gasteiger partial charge on any atom is -0.480 e. The molecule has 0 bridgehead atoms. The summed E-state index contributed by atoms with van der Waals surface area (Å²) < 4.78 is 5.16. The molecule has 1 aromatic rings. The Bertz CT molecular complexity index is 591. The summed E-state index contributed by atoms with van der Waals surface area (Å²) in [6.07, 6.45) is 3.19. The second-order valence-electron chi connectivity index (χ2n) is 6.44. The fourth-order valence-corrected chi connectivity index (χ4v) is 2.52. The lowest BCUT2D eigenvalue weighted by atomic mass is 10.1. The van der Waals surface area contributed by atoms with Crippen LogP contribution in [0.1, 0.15) is 57.9 Å². The Kier molecular flexibility index (Phi) is 10.6. The predicted molar refractivity (Wildman–Crippen MR) is 102 cm³/mol. The smallest absolute Gasteiger partial charge is 0.408 e. The first-order valence-corrected chi connectivity index (χ1v) is 9.48. The van der Waals surface area contributed by atoms with E-state index in [9.17, 15) is 19.5 Å². The Morgan fingerprint density at radius 3 is 2.11 bits per heavy atom. The van der Waals surface area contributed by atoms with E-state index in [2.05, 4.69) is 10.6 Å². The fraction of sp³-hybridized carbons (Fsp3) is 0.550. The Labute approximate surface area is 160 Å².